The molecular weight excluding hydrogens is 372 g/mol. The number of methoxy groups -OCH3 is 2. The summed E-state index contributed by atoms with van der Waals surface area (Å²) in [6.07, 6.45) is 6.43. The van der Waals surface area contributed by atoms with Crippen molar-refractivity contribution in [3.05, 3.63) is 22.2 Å². The molecule has 0 heterocycles. The Morgan fingerprint density at radius 3 is 2.79 bits per heavy atom. The lowest BCUT2D eigenvalue weighted by Gasteiger charge is -2.15. The summed E-state index contributed by atoms with van der Waals surface area (Å²) in [6.45, 7) is 2.23. The number of hydrogen-bond acceptors (Lipinski definition) is 4. The Balaban J connectivity index is 1.65. The van der Waals surface area contributed by atoms with Crippen LogP contribution in [0.4, 0.5) is 0 Å². The van der Waals surface area contributed by atoms with E-state index in [2.05, 4.69) is 33.4 Å². The van der Waals surface area contributed by atoms with Crippen LogP contribution in [0.5, 0.6) is 11.5 Å². The summed E-state index contributed by atoms with van der Waals surface area (Å²) >= 11 is 3.45. The Kier molecular flexibility index (Phi) is 4.85. The average molecular weight is 395 g/mol. The number of ether oxygens (including phenoxy) is 2. The number of fused-ring (bicyclic) bond motifs is 1. The molecule has 2 fully saturated rings. The van der Waals surface area contributed by atoms with Crippen molar-refractivity contribution in [2.45, 2.75) is 32.6 Å². The minimum atomic E-state index is 0.0418. The molecule has 0 saturated heterocycles. The lowest BCUT2D eigenvalue weighted by atomic mass is 9.90. The van der Waals surface area contributed by atoms with E-state index >= 15 is 0 Å². The maximum atomic E-state index is 12.4. The van der Waals surface area contributed by atoms with Crippen LogP contribution in [0, 0.1) is 17.3 Å². The number of rotatable bonds is 5. The Morgan fingerprint density at radius 1 is 1.38 bits per heavy atom. The van der Waals surface area contributed by atoms with Crippen molar-refractivity contribution in [2.75, 3.05) is 14.2 Å². The minimum Gasteiger partial charge on any atom is -0.493 e. The van der Waals surface area contributed by atoms with Crippen LogP contribution in [0.25, 0.3) is 0 Å². The largest absolute Gasteiger partial charge is 0.493 e. The fourth-order valence-corrected chi connectivity index (χ4v) is 4.72. The Hall–Kier alpha value is -1.56. The van der Waals surface area contributed by atoms with Gasteiger partial charge >= 0.3 is 0 Å². The van der Waals surface area contributed by atoms with Gasteiger partial charge in [0, 0.05) is 5.92 Å². The van der Waals surface area contributed by atoms with E-state index in [0.29, 0.717) is 17.4 Å². The molecule has 1 amide bonds. The van der Waals surface area contributed by atoms with Gasteiger partial charge in [0.25, 0.3) is 0 Å². The predicted molar refractivity (Wildman–Crippen MR) is 96.5 cm³/mol. The number of nitrogens with zero attached hydrogens (tertiary/aromatic N) is 1. The first-order chi connectivity index (χ1) is 11.5. The zero-order valence-corrected chi connectivity index (χ0v) is 15.9. The molecule has 6 heteroatoms. The Labute approximate surface area is 150 Å². The maximum absolute atomic E-state index is 12.4. The number of carbonyl (C=O) groups excluding carboxylic acids is 1. The summed E-state index contributed by atoms with van der Waals surface area (Å²) in [4.78, 5) is 12.4. The molecule has 130 valence electrons. The highest BCUT2D eigenvalue weighted by Crippen LogP contribution is 2.66. The summed E-state index contributed by atoms with van der Waals surface area (Å²) in [5.74, 6) is 1.94. The zero-order chi connectivity index (χ0) is 17.3. The summed E-state index contributed by atoms with van der Waals surface area (Å²) < 4.78 is 11.4. The standard InChI is InChI=1S/C18H23BrN2O3/c1-18-7-5-4-6-12(18)15(18)17(22)21-20-10-11-8-13(19)16(24-3)14(9-11)23-2/h8-10,12,15H,4-7H2,1-3H3,(H,21,22)/b20-10-/t12-,15+,18+/m1/s1. The molecule has 2 aliphatic carbocycles. The molecule has 2 aliphatic rings. The van der Waals surface area contributed by atoms with Gasteiger partial charge < -0.3 is 9.47 Å². The van der Waals surface area contributed by atoms with Crippen LogP contribution in [-0.2, 0) is 4.79 Å². The van der Waals surface area contributed by atoms with Gasteiger partial charge in [-0.2, -0.15) is 5.10 Å². The number of hydrogen-bond donors (Lipinski definition) is 1. The molecule has 2 saturated carbocycles. The number of amides is 1. The average Bonchev–Trinajstić information content (AvgIpc) is 3.19. The number of benzene rings is 1. The zero-order valence-electron chi connectivity index (χ0n) is 14.3. The van der Waals surface area contributed by atoms with Crippen molar-refractivity contribution in [1.82, 2.24) is 5.43 Å². The van der Waals surface area contributed by atoms with Crippen LogP contribution < -0.4 is 14.9 Å². The van der Waals surface area contributed by atoms with Gasteiger partial charge in [0.05, 0.1) is 24.9 Å². The van der Waals surface area contributed by atoms with Crippen LogP contribution in [-0.4, -0.2) is 26.3 Å². The topological polar surface area (TPSA) is 59.9 Å². The monoisotopic (exact) mass is 394 g/mol. The van der Waals surface area contributed by atoms with Crippen molar-refractivity contribution in [1.29, 1.82) is 0 Å². The van der Waals surface area contributed by atoms with E-state index < -0.39 is 0 Å². The SMILES string of the molecule is COc1cc(/C=N\NC(=O)[C@@H]2[C@H]3CCCC[C@@]32C)cc(Br)c1OC. The third-order valence-corrected chi connectivity index (χ3v) is 6.05. The third kappa shape index (κ3) is 3.04. The molecule has 24 heavy (non-hydrogen) atoms. The van der Waals surface area contributed by atoms with Gasteiger partial charge in [-0.1, -0.05) is 19.8 Å². The number of carbonyl (C=O) groups is 1. The molecule has 3 atom stereocenters. The molecule has 3 rings (SSSR count). The van der Waals surface area contributed by atoms with E-state index in [1.165, 1.54) is 19.3 Å². The Bertz CT molecular complexity index is 676. The van der Waals surface area contributed by atoms with Gasteiger partial charge in [0.15, 0.2) is 11.5 Å². The molecule has 0 radical (unpaired) electrons. The molecule has 0 aliphatic heterocycles. The van der Waals surface area contributed by atoms with Gasteiger partial charge in [-0.05, 0) is 57.8 Å². The van der Waals surface area contributed by atoms with Gasteiger partial charge in [-0.15, -0.1) is 0 Å². The van der Waals surface area contributed by atoms with E-state index in [-0.39, 0.29) is 17.2 Å². The van der Waals surface area contributed by atoms with Crippen molar-refractivity contribution in [3.8, 4) is 11.5 Å². The fourth-order valence-electron chi connectivity index (χ4n) is 4.10. The van der Waals surface area contributed by atoms with Crippen LogP contribution in [0.2, 0.25) is 0 Å². The predicted octanol–water partition coefficient (Wildman–Crippen LogP) is 3.74. The molecule has 0 unspecified atom stereocenters. The first-order valence-corrected chi connectivity index (χ1v) is 9.05. The lowest BCUT2D eigenvalue weighted by molar-refractivity contribution is -0.123. The number of hydrazone groups is 1. The number of nitrogens with one attached hydrogen (secondary N) is 1. The normalized spacial score (nSPS) is 28.3. The summed E-state index contributed by atoms with van der Waals surface area (Å²) in [5.41, 5.74) is 3.72. The first-order valence-electron chi connectivity index (χ1n) is 8.25. The van der Waals surface area contributed by atoms with Crippen molar-refractivity contribution in [3.63, 3.8) is 0 Å². The summed E-state index contributed by atoms with van der Waals surface area (Å²) in [6, 6.07) is 3.69. The van der Waals surface area contributed by atoms with E-state index in [4.69, 9.17) is 9.47 Å². The summed E-state index contributed by atoms with van der Waals surface area (Å²) in [7, 11) is 3.18. The second-order valence-electron chi connectivity index (χ2n) is 6.81. The van der Waals surface area contributed by atoms with Crippen LogP contribution in [0.15, 0.2) is 21.7 Å². The number of halogens is 1. The molecule has 0 spiro atoms. The highest BCUT2D eigenvalue weighted by atomic mass is 79.9. The second kappa shape index (κ2) is 6.75. The van der Waals surface area contributed by atoms with Crippen LogP contribution >= 0.6 is 15.9 Å². The van der Waals surface area contributed by atoms with Gasteiger partial charge in [0.2, 0.25) is 5.91 Å². The molecular formula is C18H23BrN2O3. The van der Waals surface area contributed by atoms with Crippen molar-refractivity contribution in [2.24, 2.45) is 22.4 Å². The van der Waals surface area contributed by atoms with Gasteiger partial charge in [0.1, 0.15) is 0 Å². The lowest BCUT2D eigenvalue weighted by Crippen LogP contribution is -2.22. The molecule has 0 aromatic heterocycles. The second-order valence-corrected chi connectivity index (χ2v) is 7.66. The van der Waals surface area contributed by atoms with E-state index in [1.807, 2.05) is 12.1 Å². The maximum Gasteiger partial charge on any atom is 0.244 e. The van der Waals surface area contributed by atoms with E-state index in [9.17, 15) is 4.79 Å². The highest BCUT2D eigenvalue weighted by Gasteiger charge is 2.64. The van der Waals surface area contributed by atoms with Crippen LogP contribution in [0.1, 0.15) is 38.2 Å². The molecule has 1 aromatic rings. The highest BCUT2D eigenvalue weighted by molar-refractivity contribution is 9.10. The molecule has 5 nitrogen and oxygen atoms in total. The molecule has 0 bridgehead atoms. The van der Waals surface area contributed by atoms with Gasteiger partial charge in [-0.25, -0.2) is 5.43 Å². The van der Waals surface area contributed by atoms with Crippen molar-refractivity contribution < 1.29 is 14.3 Å². The van der Waals surface area contributed by atoms with Crippen molar-refractivity contribution >= 4 is 28.1 Å². The fraction of sp³-hybridized carbons (Fsp3) is 0.556. The minimum absolute atomic E-state index is 0.0418. The quantitative estimate of drug-likeness (QED) is 0.610. The first kappa shape index (κ1) is 17.3. The molecule has 1 N–H and O–H groups in total. The van der Waals surface area contributed by atoms with Crippen LogP contribution in [0.3, 0.4) is 0 Å². The van der Waals surface area contributed by atoms with Gasteiger partial charge in [-0.3, -0.25) is 4.79 Å². The smallest absolute Gasteiger partial charge is 0.244 e. The molecule has 1 aromatic carbocycles. The van der Waals surface area contributed by atoms with E-state index in [1.54, 1.807) is 20.4 Å². The third-order valence-electron chi connectivity index (χ3n) is 5.46. The Morgan fingerprint density at radius 2 is 2.17 bits per heavy atom. The van der Waals surface area contributed by atoms with E-state index in [0.717, 1.165) is 16.5 Å². The summed E-state index contributed by atoms with van der Waals surface area (Å²) in [5, 5.41) is 4.12.